The molecule has 24 heavy (non-hydrogen) atoms. The average molecular weight is 376 g/mol. The molecule has 0 aromatic heterocycles. The molecule has 0 aliphatic heterocycles. The molecule has 5 N–H and O–H groups in total. The highest BCUT2D eigenvalue weighted by atomic mass is 32.2. The van der Waals surface area contributed by atoms with Gasteiger partial charge in [-0.1, -0.05) is 24.3 Å². The van der Waals surface area contributed by atoms with Gasteiger partial charge in [-0.15, -0.1) is 0 Å². The van der Waals surface area contributed by atoms with Crippen LogP contribution in [-0.4, -0.2) is 55.4 Å². The molecule has 3 unspecified atom stereocenters. The second-order valence-electron chi connectivity index (χ2n) is 5.15. The number of amides is 1. The van der Waals surface area contributed by atoms with Crippen LogP contribution < -0.4 is 16.8 Å². The van der Waals surface area contributed by atoms with E-state index < -0.39 is 17.9 Å². The zero-order valence-electron chi connectivity index (χ0n) is 14.3. The third kappa shape index (κ3) is 10.0. The quantitative estimate of drug-likeness (QED) is 0.228. The lowest BCUT2D eigenvalue weighted by molar-refractivity contribution is -0.145. The van der Waals surface area contributed by atoms with Crippen molar-refractivity contribution in [3.05, 3.63) is 24.3 Å². The van der Waals surface area contributed by atoms with E-state index in [1.54, 1.807) is 17.8 Å². The summed E-state index contributed by atoms with van der Waals surface area (Å²) in [6, 6.07) is -0.724. The first-order valence-electron chi connectivity index (χ1n) is 7.77. The Labute approximate surface area is 154 Å². The van der Waals surface area contributed by atoms with Gasteiger partial charge in [0.05, 0.1) is 13.0 Å². The molecule has 3 atom stereocenters. The van der Waals surface area contributed by atoms with Crippen LogP contribution in [0.5, 0.6) is 0 Å². The lowest BCUT2D eigenvalue weighted by atomic mass is 10.1. The number of ether oxygens (including phenoxy) is 1. The van der Waals surface area contributed by atoms with E-state index in [2.05, 4.69) is 17.9 Å². The maximum Gasteiger partial charge on any atom is 0.328 e. The Kier molecular flexibility index (Phi) is 13.8. The van der Waals surface area contributed by atoms with Crippen LogP contribution in [0, 0.1) is 5.92 Å². The first-order valence-corrected chi connectivity index (χ1v) is 9.79. The van der Waals surface area contributed by atoms with Crippen LogP contribution in [0.1, 0.15) is 12.8 Å². The van der Waals surface area contributed by atoms with Crippen molar-refractivity contribution in [3.8, 4) is 0 Å². The van der Waals surface area contributed by atoms with Gasteiger partial charge >= 0.3 is 5.97 Å². The Morgan fingerprint density at radius 3 is 2.54 bits per heavy atom. The van der Waals surface area contributed by atoms with E-state index in [9.17, 15) is 9.59 Å². The predicted molar refractivity (Wildman–Crippen MR) is 104 cm³/mol. The molecule has 138 valence electrons. The lowest BCUT2D eigenvalue weighted by Gasteiger charge is -2.18. The van der Waals surface area contributed by atoms with E-state index >= 15 is 0 Å². The fraction of sp³-hybridized carbons (Fsp3) is 0.625. The van der Waals surface area contributed by atoms with Crippen molar-refractivity contribution in [1.29, 1.82) is 0 Å². The number of methoxy groups -OCH3 is 1. The van der Waals surface area contributed by atoms with Gasteiger partial charge in [0.15, 0.2) is 0 Å². The number of hydrogen-bond acceptors (Lipinski definition) is 7. The summed E-state index contributed by atoms with van der Waals surface area (Å²) in [4.78, 5) is 24.0. The fourth-order valence-electron chi connectivity index (χ4n) is 1.81. The third-order valence-corrected chi connectivity index (χ3v) is 4.30. The first kappa shape index (κ1) is 23.0. The maximum absolute atomic E-state index is 12.3. The molecule has 0 fully saturated rings. The standard InChI is InChI=1S/C16H29N3O3S2/c1-22-16(21)14(8-9-24-2)19-15(20)12(10-17)6-4-3-5-7-13(18)11-23/h4-7,12-14,23H,3,8-11,17-18H2,1-2H3,(H,19,20)/b6-4-,7-5+. The molecule has 6 nitrogen and oxygen atoms in total. The molecule has 8 heteroatoms. The van der Waals surface area contributed by atoms with Crippen LogP contribution in [0.4, 0.5) is 0 Å². The van der Waals surface area contributed by atoms with Crippen molar-refractivity contribution in [2.45, 2.75) is 24.9 Å². The molecule has 0 aromatic rings. The smallest absolute Gasteiger partial charge is 0.328 e. The number of thioether (sulfide) groups is 1. The van der Waals surface area contributed by atoms with Gasteiger partial charge in [0.25, 0.3) is 0 Å². The van der Waals surface area contributed by atoms with Crippen molar-refractivity contribution < 1.29 is 14.3 Å². The van der Waals surface area contributed by atoms with Gasteiger partial charge in [-0.25, -0.2) is 4.79 Å². The van der Waals surface area contributed by atoms with Gasteiger partial charge in [-0.3, -0.25) is 4.79 Å². The summed E-state index contributed by atoms with van der Waals surface area (Å²) in [7, 11) is 1.31. The van der Waals surface area contributed by atoms with E-state index in [1.807, 2.05) is 24.5 Å². The number of thiol groups is 1. The molecule has 0 saturated heterocycles. The van der Waals surface area contributed by atoms with Crippen LogP contribution in [-0.2, 0) is 14.3 Å². The van der Waals surface area contributed by atoms with E-state index in [4.69, 9.17) is 16.2 Å². The molecular formula is C16H29N3O3S2. The minimum Gasteiger partial charge on any atom is -0.467 e. The second-order valence-corrected chi connectivity index (χ2v) is 6.50. The van der Waals surface area contributed by atoms with Crippen LogP contribution in [0.3, 0.4) is 0 Å². The number of carbonyl (C=O) groups excluding carboxylic acids is 2. The monoisotopic (exact) mass is 375 g/mol. The summed E-state index contributed by atoms with van der Waals surface area (Å²) in [5.74, 6) is 0.124. The van der Waals surface area contributed by atoms with Gasteiger partial charge < -0.3 is 21.5 Å². The molecule has 0 aliphatic carbocycles. The van der Waals surface area contributed by atoms with Gasteiger partial charge in [0.1, 0.15) is 6.04 Å². The summed E-state index contributed by atoms with van der Waals surface area (Å²) in [5, 5.41) is 2.72. The van der Waals surface area contributed by atoms with Crippen molar-refractivity contribution in [1.82, 2.24) is 5.32 Å². The van der Waals surface area contributed by atoms with Crippen molar-refractivity contribution in [3.63, 3.8) is 0 Å². The van der Waals surface area contributed by atoms with Gasteiger partial charge in [-0.05, 0) is 24.9 Å². The molecule has 0 heterocycles. The van der Waals surface area contributed by atoms with E-state index in [0.717, 1.165) is 5.75 Å². The van der Waals surface area contributed by atoms with Gasteiger partial charge in [0.2, 0.25) is 5.91 Å². The summed E-state index contributed by atoms with van der Waals surface area (Å²) < 4.78 is 4.73. The number of esters is 1. The van der Waals surface area contributed by atoms with Gasteiger partial charge in [0, 0.05) is 18.3 Å². The summed E-state index contributed by atoms with van der Waals surface area (Å²) in [6.45, 7) is 0.165. The predicted octanol–water partition coefficient (Wildman–Crippen LogP) is 0.732. The van der Waals surface area contributed by atoms with Crippen LogP contribution >= 0.6 is 24.4 Å². The number of hydrogen-bond donors (Lipinski definition) is 4. The molecule has 0 aromatic carbocycles. The Morgan fingerprint density at radius 1 is 1.33 bits per heavy atom. The third-order valence-electron chi connectivity index (χ3n) is 3.24. The van der Waals surface area contributed by atoms with Crippen LogP contribution in [0.2, 0.25) is 0 Å². The number of nitrogens with two attached hydrogens (primary N) is 2. The molecule has 0 aliphatic rings. The molecule has 0 radical (unpaired) electrons. The highest BCUT2D eigenvalue weighted by molar-refractivity contribution is 7.98. The Balaban J connectivity index is 4.59. The van der Waals surface area contributed by atoms with Crippen molar-refractivity contribution >= 4 is 36.3 Å². The number of nitrogens with one attached hydrogen (secondary N) is 1. The maximum atomic E-state index is 12.3. The van der Waals surface area contributed by atoms with E-state index in [1.165, 1.54) is 7.11 Å². The fourth-order valence-corrected chi connectivity index (χ4v) is 2.41. The second kappa shape index (κ2) is 14.4. The normalized spacial score (nSPS) is 15.4. The number of carbonyl (C=O) groups is 2. The average Bonchev–Trinajstić information content (AvgIpc) is 2.60. The highest BCUT2D eigenvalue weighted by Crippen LogP contribution is 2.06. The lowest BCUT2D eigenvalue weighted by Crippen LogP contribution is -2.45. The van der Waals surface area contributed by atoms with E-state index in [0.29, 0.717) is 18.6 Å². The molecular weight excluding hydrogens is 346 g/mol. The van der Waals surface area contributed by atoms with Gasteiger partial charge in [-0.2, -0.15) is 24.4 Å². The Morgan fingerprint density at radius 2 is 2.00 bits per heavy atom. The van der Waals surface area contributed by atoms with E-state index in [-0.39, 0.29) is 18.5 Å². The largest absolute Gasteiger partial charge is 0.467 e. The molecule has 1 amide bonds. The number of allylic oxidation sites excluding steroid dienone is 2. The SMILES string of the molecule is COC(=O)C(CCSC)NC(=O)C(/C=C\C/C=C/C(N)CS)CN. The molecule has 0 saturated carbocycles. The topological polar surface area (TPSA) is 107 Å². The minimum absolute atomic E-state index is 0.0763. The zero-order valence-corrected chi connectivity index (χ0v) is 16.0. The molecule has 0 rings (SSSR count). The summed E-state index contributed by atoms with van der Waals surface area (Å²) in [6.07, 6.45) is 10.5. The highest BCUT2D eigenvalue weighted by Gasteiger charge is 2.23. The van der Waals surface area contributed by atoms with Crippen LogP contribution in [0.15, 0.2) is 24.3 Å². The van der Waals surface area contributed by atoms with Crippen LogP contribution in [0.25, 0.3) is 0 Å². The Bertz CT molecular complexity index is 431. The first-order chi connectivity index (χ1) is 11.5. The van der Waals surface area contributed by atoms with Crippen molar-refractivity contribution in [2.75, 3.05) is 31.4 Å². The molecule has 0 spiro atoms. The Hall–Kier alpha value is -0.960. The zero-order chi connectivity index (χ0) is 18.4. The summed E-state index contributed by atoms with van der Waals surface area (Å²) in [5.41, 5.74) is 11.4. The number of rotatable bonds is 12. The molecule has 0 bridgehead atoms. The summed E-state index contributed by atoms with van der Waals surface area (Å²) >= 11 is 5.69. The minimum atomic E-state index is -0.648. The van der Waals surface area contributed by atoms with Crippen molar-refractivity contribution in [2.24, 2.45) is 17.4 Å².